The molecule has 94 valence electrons. The molecular weight excluding hydrogens is 236 g/mol. The van der Waals surface area contributed by atoms with Gasteiger partial charge in [-0.2, -0.15) is 0 Å². The first-order valence-electron chi connectivity index (χ1n) is 5.44. The molecule has 1 rings (SSSR count). The largest absolute Gasteiger partial charge is 0.497 e. The number of carbonyl (C=O) groups is 1. The number of carbonyl (C=O) groups excluding carboxylic acids is 1. The summed E-state index contributed by atoms with van der Waals surface area (Å²) in [6.45, 7) is 1.45. The summed E-state index contributed by atoms with van der Waals surface area (Å²) in [6, 6.07) is 7.69. The van der Waals surface area contributed by atoms with E-state index < -0.39 is 0 Å². The first-order chi connectivity index (χ1) is 8.26. The molecule has 17 heavy (non-hydrogen) atoms. The van der Waals surface area contributed by atoms with Crippen LogP contribution in [-0.4, -0.2) is 38.9 Å². The summed E-state index contributed by atoms with van der Waals surface area (Å²) in [5.41, 5.74) is 0. The topological polar surface area (TPSA) is 50.4 Å². The maximum atomic E-state index is 11.5. The Balaban J connectivity index is 2.31. The Morgan fingerprint density at radius 3 is 2.94 bits per heavy atom. The van der Waals surface area contributed by atoms with Gasteiger partial charge in [0.2, 0.25) is 5.91 Å². The number of amides is 1. The Hall–Kier alpha value is -1.20. The van der Waals surface area contributed by atoms with Gasteiger partial charge in [-0.25, -0.2) is 0 Å². The quantitative estimate of drug-likeness (QED) is 0.565. The van der Waals surface area contributed by atoms with Crippen molar-refractivity contribution in [3.05, 3.63) is 24.3 Å². The molecule has 1 aromatic rings. The fourth-order valence-corrected chi connectivity index (χ4v) is 1.99. The standard InChI is InChI=1S/C12H18N2O2S/c1-13-6-7-14-12(15)9-17-11-5-3-4-10(8-11)16-2/h3-5,8,13H,6-7,9H2,1-2H3,(H,14,15). The van der Waals surface area contributed by atoms with Crippen molar-refractivity contribution in [2.45, 2.75) is 4.90 Å². The van der Waals surface area contributed by atoms with Gasteiger partial charge >= 0.3 is 0 Å². The van der Waals surface area contributed by atoms with Gasteiger partial charge in [0.05, 0.1) is 12.9 Å². The van der Waals surface area contributed by atoms with Crippen molar-refractivity contribution >= 4 is 17.7 Å². The van der Waals surface area contributed by atoms with E-state index in [1.54, 1.807) is 7.11 Å². The molecule has 0 saturated heterocycles. The predicted octanol–water partition coefficient (Wildman–Crippen LogP) is 1.12. The Labute approximate surface area is 106 Å². The van der Waals surface area contributed by atoms with Crippen molar-refractivity contribution in [1.82, 2.24) is 10.6 Å². The zero-order valence-corrected chi connectivity index (χ0v) is 11.0. The van der Waals surface area contributed by atoms with Gasteiger partial charge in [0.25, 0.3) is 0 Å². The van der Waals surface area contributed by atoms with Crippen LogP contribution in [-0.2, 0) is 4.79 Å². The lowest BCUT2D eigenvalue weighted by atomic mass is 10.3. The van der Waals surface area contributed by atoms with E-state index >= 15 is 0 Å². The van der Waals surface area contributed by atoms with E-state index in [0.717, 1.165) is 17.2 Å². The molecule has 0 unspecified atom stereocenters. The summed E-state index contributed by atoms with van der Waals surface area (Å²) in [4.78, 5) is 12.5. The monoisotopic (exact) mass is 254 g/mol. The van der Waals surface area contributed by atoms with Crippen LogP contribution in [0.1, 0.15) is 0 Å². The normalized spacial score (nSPS) is 10.0. The zero-order chi connectivity index (χ0) is 12.5. The summed E-state index contributed by atoms with van der Waals surface area (Å²) >= 11 is 1.50. The minimum atomic E-state index is 0.0491. The molecule has 0 bridgehead atoms. The van der Waals surface area contributed by atoms with Crippen LogP contribution in [0.2, 0.25) is 0 Å². The molecule has 0 heterocycles. The van der Waals surface area contributed by atoms with E-state index in [2.05, 4.69) is 10.6 Å². The molecule has 0 aromatic heterocycles. The summed E-state index contributed by atoms with van der Waals surface area (Å²) in [7, 11) is 3.49. The SMILES string of the molecule is CNCCNC(=O)CSc1cccc(OC)c1. The van der Waals surface area contributed by atoms with E-state index in [-0.39, 0.29) is 5.91 Å². The number of hydrogen-bond donors (Lipinski definition) is 2. The highest BCUT2D eigenvalue weighted by atomic mass is 32.2. The van der Waals surface area contributed by atoms with Crippen LogP contribution in [0, 0.1) is 0 Å². The third-order valence-electron chi connectivity index (χ3n) is 2.11. The second-order valence-electron chi connectivity index (χ2n) is 3.42. The van der Waals surface area contributed by atoms with Crippen molar-refractivity contribution < 1.29 is 9.53 Å². The first kappa shape index (κ1) is 13.9. The van der Waals surface area contributed by atoms with Crippen molar-refractivity contribution in [3.8, 4) is 5.75 Å². The van der Waals surface area contributed by atoms with E-state index in [1.807, 2.05) is 31.3 Å². The molecule has 0 aliphatic rings. The van der Waals surface area contributed by atoms with Gasteiger partial charge in [-0.1, -0.05) is 6.07 Å². The molecule has 0 fully saturated rings. The number of nitrogens with one attached hydrogen (secondary N) is 2. The highest BCUT2D eigenvalue weighted by molar-refractivity contribution is 8.00. The molecule has 4 nitrogen and oxygen atoms in total. The Bertz CT molecular complexity index is 358. The van der Waals surface area contributed by atoms with Crippen LogP contribution < -0.4 is 15.4 Å². The molecule has 5 heteroatoms. The molecule has 1 amide bonds. The van der Waals surface area contributed by atoms with Gasteiger partial charge in [-0.05, 0) is 25.2 Å². The van der Waals surface area contributed by atoms with Gasteiger partial charge in [0, 0.05) is 18.0 Å². The van der Waals surface area contributed by atoms with Crippen molar-refractivity contribution in [1.29, 1.82) is 0 Å². The van der Waals surface area contributed by atoms with Crippen LogP contribution in [0.4, 0.5) is 0 Å². The number of ether oxygens (including phenoxy) is 1. The summed E-state index contributed by atoms with van der Waals surface area (Å²) < 4.78 is 5.12. The number of thioether (sulfide) groups is 1. The number of methoxy groups -OCH3 is 1. The molecule has 0 aliphatic carbocycles. The van der Waals surface area contributed by atoms with E-state index in [4.69, 9.17) is 4.74 Å². The molecular formula is C12H18N2O2S. The minimum Gasteiger partial charge on any atom is -0.497 e. The van der Waals surface area contributed by atoms with Crippen LogP contribution in [0.25, 0.3) is 0 Å². The molecule has 0 atom stereocenters. The van der Waals surface area contributed by atoms with Crippen LogP contribution >= 0.6 is 11.8 Å². The molecule has 1 aromatic carbocycles. The summed E-state index contributed by atoms with van der Waals surface area (Å²) in [5.74, 6) is 1.29. The van der Waals surface area contributed by atoms with Gasteiger partial charge < -0.3 is 15.4 Å². The molecule has 0 saturated carbocycles. The van der Waals surface area contributed by atoms with Crippen molar-refractivity contribution in [2.24, 2.45) is 0 Å². The first-order valence-corrected chi connectivity index (χ1v) is 6.43. The van der Waals surface area contributed by atoms with Gasteiger partial charge in [-0.15, -0.1) is 11.8 Å². The smallest absolute Gasteiger partial charge is 0.230 e. The fraction of sp³-hybridized carbons (Fsp3) is 0.417. The lowest BCUT2D eigenvalue weighted by Crippen LogP contribution is -2.31. The van der Waals surface area contributed by atoms with E-state index in [1.165, 1.54) is 11.8 Å². The summed E-state index contributed by atoms with van der Waals surface area (Å²) in [5, 5.41) is 5.80. The second-order valence-corrected chi connectivity index (χ2v) is 4.47. The van der Waals surface area contributed by atoms with Gasteiger partial charge in [-0.3, -0.25) is 4.79 Å². The van der Waals surface area contributed by atoms with Gasteiger partial charge in [0.15, 0.2) is 0 Å². The number of rotatable bonds is 7. The Kier molecular flexibility index (Phi) is 6.50. The average Bonchev–Trinajstić information content (AvgIpc) is 2.37. The highest BCUT2D eigenvalue weighted by Crippen LogP contribution is 2.22. The predicted molar refractivity (Wildman–Crippen MR) is 70.7 cm³/mol. The minimum absolute atomic E-state index is 0.0491. The lowest BCUT2D eigenvalue weighted by Gasteiger charge is -2.05. The number of benzene rings is 1. The third kappa shape index (κ3) is 5.60. The maximum Gasteiger partial charge on any atom is 0.230 e. The van der Waals surface area contributed by atoms with Gasteiger partial charge in [0.1, 0.15) is 5.75 Å². The maximum absolute atomic E-state index is 11.5. The van der Waals surface area contributed by atoms with E-state index in [9.17, 15) is 4.79 Å². The van der Waals surface area contributed by atoms with Crippen LogP contribution in [0.3, 0.4) is 0 Å². The molecule has 0 aliphatic heterocycles. The number of hydrogen-bond acceptors (Lipinski definition) is 4. The average molecular weight is 254 g/mol. The molecule has 0 spiro atoms. The van der Waals surface area contributed by atoms with Crippen LogP contribution in [0.15, 0.2) is 29.2 Å². The molecule has 2 N–H and O–H groups in total. The van der Waals surface area contributed by atoms with Crippen molar-refractivity contribution in [3.63, 3.8) is 0 Å². The summed E-state index contributed by atoms with van der Waals surface area (Å²) in [6.07, 6.45) is 0. The highest BCUT2D eigenvalue weighted by Gasteiger charge is 2.02. The van der Waals surface area contributed by atoms with Crippen molar-refractivity contribution in [2.75, 3.05) is 33.0 Å². The Morgan fingerprint density at radius 1 is 1.41 bits per heavy atom. The van der Waals surface area contributed by atoms with E-state index in [0.29, 0.717) is 12.3 Å². The number of likely N-dealkylation sites (N-methyl/N-ethyl adjacent to an activating group) is 1. The fourth-order valence-electron chi connectivity index (χ4n) is 1.22. The molecule has 0 radical (unpaired) electrons. The second kappa shape index (κ2) is 7.97. The Morgan fingerprint density at radius 2 is 2.24 bits per heavy atom. The third-order valence-corrected chi connectivity index (χ3v) is 3.10. The van der Waals surface area contributed by atoms with Crippen LogP contribution in [0.5, 0.6) is 5.75 Å². The lowest BCUT2D eigenvalue weighted by molar-refractivity contribution is -0.118. The zero-order valence-electron chi connectivity index (χ0n) is 10.2.